The summed E-state index contributed by atoms with van der Waals surface area (Å²) in [6, 6.07) is 13.7. The Balaban J connectivity index is 1.56. The second kappa shape index (κ2) is 11.5. The SMILES string of the molecule is Cc1cccc(C)c1-c1cc2nc(n1)NS(=O)(=O)c1cccc(c1)C(=O)NCC1(CCN(CCCN)CC1)CO2. The predicted octanol–water partition coefficient (Wildman–Crippen LogP) is 3.11. The zero-order valence-electron chi connectivity index (χ0n) is 22.9. The number of aryl methyl sites for hydroxylation is 2. The number of sulfonamides is 1. The number of carbonyl (C=O) groups excluding carboxylic acids is 1. The highest BCUT2D eigenvalue weighted by atomic mass is 32.2. The lowest BCUT2D eigenvalue weighted by molar-refractivity contribution is 0.0496. The van der Waals surface area contributed by atoms with Crippen LogP contribution in [0.3, 0.4) is 0 Å². The quantitative estimate of drug-likeness (QED) is 0.439. The van der Waals surface area contributed by atoms with E-state index >= 15 is 0 Å². The second-order valence-corrected chi connectivity index (χ2v) is 12.5. The van der Waals surface area contributed by atoms with E-state index in [1.54, 1.807) is 18.2 Å². The number of anilines is 1. The molecule has 1 fully saturated rings. The Hall–Kier alpha value is -3.54. The number of hydrogen-bond acceptors (Lipinski definition) is 8. The van der Waals surface area contributed by atoms with Crippen LogP contribution in [0.25, 0.3) is 11.3 Å². The Labute approximate surface area is 235 Å². The first-order valence-corrected chi connectivity index (χ1v) is 15.1. The van der Waals surface area contributed by atoms with Gasteiger partial charge in [0.15, 0.2) is 0 Å². The number of rotatable bonds is 4. The summed E-state index contributed by atoms with van der Waals surface area (Å²) in [6.45, 7) is 8.03. The largest absolute Gasteiger partial charge is 0.477 e. The predicted molar refractivity (Wildman–Crippen MR) is 154 cm³/mol. The average molecular weight is 565 g/mol. The van der Waals surface area contributed by atoms with Gasteiger partial charge in [-0.2, -0.15) is 4.98 Å². The maximum absolute atomic E-state index is 13.3. The number of amides is 1. The number of nitrogens with two attached hydrogens (primary N) is 1. The first-order chi connectivity index (χ1) is 19.2. The van der Waals surface area contributed by atoms with Crippen molar-refractivity contribution in [2.24, 2.45) is 11.1 Å². The lowest BCUT2D eigenvalue weighted by Gasteiger charge is -2.41. The molecule has 3 heterocycles. The molecule has 2 aliphatic rings. The maximum atomic E-state index is 13.3. The van der Waals surface area contributed by atoms with Crippen molar-refractivity contribution in [1.29, 1.82) is 0 Å². The van der Waals surface area contributed by atoms with E-state index in [1.165, 1.54) is 12.1 Å². The van der Waals surface area contributed by atoms with Crippen LogP contribution in [0.5, 0.6) is 5.88 Å². The van der Waals surface area contributed by atoms with Crippen LogP contribution in [0, 0.1) is 19.3 Å². The van der Waals surface area contributed by atoms with Gasteiger partial charge in [0.25, 0.3) is 15.9 Å². The summed E-state index contributed by atoms with van der Waals surface area (Å²) in [4.78, 5) is 24.5. The summed E-state index contributed by atoms with van der Waals surface area (Å²) in [6.07, 6.45) is 2.59. The highest BCUT2D eigenvalue weighted by Crippen LogP contribution is 2.34. The van der Waals surface area contributed by atoms with Gasteiger partial charge in [0.2, 0.25) is 11.8 Å². The molecule has 4 N–H and O–H groups in total. The van der Waals surface area contributed by atoms with Gasteiger partial charge in [-0.05, 0) is 88.6 Å². The van der Waals surface area contributed by atoms with Crippen LogP contribution < -0.4 is 20.5 Å². The number of nitrogens with zero attached hydrogens (tertiary/aromatic N) is 3. The monoisotopic (exact) mass is 564 g/mol. The van der Waals surface area contributed by atoms with Crippen LogP contribution in [0.1, 0.15) is 40.7 Å². The molecule has 10 nitrogen and oxygen atoms in total. The van der Waals surface area contributed by atoms with Gasteiger partial charge in [-0.1, -0.05) is 24.3 Å². The highest BCUT2D eigenvalue weighted by Gasteiger charge is 2.36. The summed E-state index contributed by atoms with van der Waals surface area (Å²) >= 11 is 0. The lowest BCUT2D eigenvalue weighted by Crippen LogP contribution is -2.49. The Morgan fingerprint density at radius 2 is 1.77 bits per heavy atom. The number of benzene rings is 2. The van der Waals surface area contributed by atoms with Gasteiger partial charge in [-0.25, -0.2) is 18.1 Å². The molecule has 40 heavy (non-hydrogen) atoms. The number of ether oxygens (including phenoxy) is 1. The molecule has 2 aliphatic heterocycles. The van der Waals surface area contributed by atoms with E-state index in [1.807, 2.05) is 32.0 Å². The Morgan fingerprint density at radius 1 is 1.05 bits per heavy atom. The summed E-state index contributed by atoms with van der Waals surface area (Å²) in [5.74, 6) is -0.147. The number of piperidine rings is 1. The highest BCUT2D eigenvalue weighted by molar-refractivity contribution is 7.92. The molecule has 0 atom stereocenters. The van der Waals surface area contributed by atoms with Crippen molar-refractivity contribution in [2.45, 2.75) is 38.0 Å². The molecule has 0 radical (unpaired) electrons. The molecule has 1 spiro atoms. The summed E-state index contributed by atoms with van der Waals surface area (Å²) in [7, 11) is -4.08. The van der Waals surface area contributed by atoms with Gasteiger partial charge in [0, 0.05) is 29.2 Å². The van der Waals surface area contributed by atoms with E-state index in [-0.39, 0.29) is 33.6 Å². The fourth-order valence-electron chi connectivity index (χ4n) is 5.41. The fourth-order valence-corrected chi connectivity index (χ4v) is 6.40. The molecule has 0 unspecified atom stereocenters. The molecule has 2 aromatic carbocycles. The minimum Gasteiger partial charge on any atom is -0.477 e. The van der Waals surface area contributed by atoms with Gasteiger partial charge in [-0.3, -0.25) is 4.79 Å². The van der Waals surface area contributed by atoms with E-state index < -0.39 is 10.0 Å². The minimum atomic E-state index is -4.08. The smallest absolute Gasteiger partial charge is 0.264 e. The number of aromatic nitrogens is 2. The van der Waals surface area contributed by atoms with Crippen molar-refractivity contribution in [3.63, 3.8) is 0 Å². The molecule has 4 bridgehead atoms. The lowest BCUT2D eigenvalue weighted by atomic mass is 9.78. The summed E-state index contributed by atoms with van der Waals surface area (Å²) in [5, 5.41) is 3.04. The van der Waals surface area contributed by atoms with Crippen LogP contribution in [0.4, 0.5) is 5.95 Å². The number of likely N-dealkylation sites (tertiary alicyclic amines) is 1. The molecule has 3 aromatic rings. The third kappa shape index (κ3) is 6.11. The van der Waals surface area contributed by atoms with E-state index in [9.17, 15) is 13.2 Å². The van der Waals surface area contributed by atoms with Crippen LogP contribution in [0.2, 0.25) is 0 Å². The number of fused-ring (bicyclic) bond motifs is 4. The van der Waals surface area contributed by atoms with Crippen LogP contribution in [-0.4, -0.2) is 68.5 Å². The van der Waals surface area contributed by atoms with Gasteiger partial charge in [0.05, 0.1) is 17.2 Å². The van der Waals surface area contributed by atoms with Gasteiger partial charge in [-0.15, -0.1) is 0 Å². The van der Waals surface area contributed by atoms with Crippen molar-refractivity contribution < 1.29 is 17.9 Å². The molecule has 5 rings (SSSR count). The zero-order chi connectivity index (χ0) is 28.3. The Bertz CT molecular complexity index is 1480. The van der Waals surface area contributed by atoms with Crippen molar-refractivity contribution >= 4 is 21.9 Å². The Kier molecular flexibility index (Phi) is 8.07. The van der Waals surface area contributed by atoms with E-state index in [2.05, 4.69) is 24.9 Å². The average Bonchev–Trinajstić information content (AvgIpc) is 2.94. The van der Waals surface area contributed by atoms with Crippen molar-refractivity contribution in [3.05, 3.63) is 65.2 Å². The van der Waals surface area contributed by atoms with Crippen LogP contribution >= 0.6 is 0 Å². The molecule has 1 saturated heterocycles. The molecule has 11 heteroatoms. The molecule has 0 saturated carbocycles. The summed E-state index contributed by atoms with van der Waals surface area (Å²) < 4.78 is 35.4. The van der Waals surface area contributed by atoms with E-state index in [4.69, 9.17) is 10.5 Å². The number of hydrogen-bond donors (Lipinski definition) is 3. The van der Waals surface area contributed by atoms with Crippen LogP contribution in [-0.2, 0) is 10.0 Å². The second-order valence-electron chi connectivity index (χ2n) is 10.8. The zero-order valence-corrected chi connectivity index (χ0v) is 23.8. The fraction of sp³-hybridized carbons (Fsp3) is 0.414. The van der Waals surface area contributed by atoms with Crippen molar-refractivity contribution in [3.8, 4) is 17.1 Å². The third-order valence-electron chi connectivity index (χ3n) is 7.82. The molecule has 1 aromatic heterocycles. The van der Waals surface area contributed by atoms with Crippen LogP contribution in [0.15, 0.2) is 53.4 Å². The van der Waals surface area contributed by atoms with Crippen molar-refractivity contribution in [2.75, 3.05) is 44.1 Å². The Morgan fingerprint density at radius 3 is 2.50 bits per heavy atom. The maximum Gasteiger partial charge on any atom is 0.264 e. The first-order valence-electron chi connectivity index (χ1n) is 13.6. The van der Waals surface area contributed by atoms with Gasteiger partial charge >= 0.3 is 0 Å². The molecular formula is C29H36N6O4S. The summed E-state index contributed by atoms with van der Waals surface area (Å²) in [5.41, 5.74) is 9.14. The molecular weight excluding hydrogens is 528 g/mol. The van der Waals surface area contributed by atoms with Gasteiger partial charge < -0.3 is 20.7 Å². The molecule has 212 valence electrons. The number of nitrogens with one attached hydrogen (secondary N) is 2. The van der Waals surface area contributed by atoms with E-state index in [0.29, 0.717) is 25.4 Å². The standard InChI is InChI=1S/C29H36N6O4S/c1-20-6-3-7-21(2)26(20)24-17-25-33-28(32-24)34-40(37,38)23-9-4-8-22(16-23)27(36)31-18-29(19-39-25)10-14-35(15-11-29)13-5-12-30/h3-4,6-9,16-17H,5,10-15,18-19,30H2,1-2H3,(H,31,36)(H,32,33,34). The number of carbonyl (C=O) groups is 1. The first kappa shape index (κ1) is 28.0. The molecule has 0 aliphatic carbocycles. The molecule has 1 amide bonds. The van der Waals surface area contributed by atoms with Crippen molar-refractivity contribution in [1.82, 2.24) is 20.2 Å². The minimum absolute atomic E-state index is 0.0521. The normalized spacial score (nSPS) is 18.7. The van der Waals surface area contributed by atoms with E-state index in [0.717, 1.165) is 55.6 Å². The van der Waals surface area contributed by atoms with Gasteiger partial charge in [0.1, 0.15) is 0 Å². The third-order valence-corrected chi connectivity index (χ3v) is 9.14. The topological polar surface area (TPSA) is 140 Å².